The summed E-state index contributed by atoms with van der Waals surface area (Å²) in [5, 5.41) is 2.89. The number of aromatic nitrogens is 1. The molecule has 130 valence electrons. The SMILES string of the molecule is O=C(NCCCN1CCCC1=O)c1cccc(N2CCOCC2)n1. The minimum atomic E-state index is -0.169. The summed E-state index contributed by atoms with van der Waals surface area (Å²) in [4.78, 5) is 32.2. The Morgan fingerprint density at radius 3 is 2.83 bits per heavy atom. The van der Waals surface area contributed by atoms with Crippen molar-refractivity contribution in [1.29, 1.82) is 0 Å². The van der Waals surface area contributed by atoms with Gasteiger partial charge < -0.3 is 19.9 Å². The van der Waals surface area contributed by atoms with Crippen LogP contribution in [0.15, 0.2) is 18.2 Å². The highest BCUT2D eigenvalue weighted by Crippen LogP contribution is 2.13. The molecule has 0 saturated carbocycles. The van der Waals surface area contributed by atoms with Crippen molar-refractivity contribution in [2.75, 3.05) is 50.8 Å². The number of hydrogen-bond acceptors (Lipinski definition) is 5. The lowest BCUT2D eigenvalue weighted by molar-refractivity contribution is -0.127. The summed E-state index contributed by atoms with van der Waals surface area (Å²) in [5.41, 5.74) is 0.427. The molecule has 24 heavy (non-hydrogen) atoms. The third-order valence-electron chi connectivity index (χ3n) is 4.36. The first kappa shape index (κ1) is 16.7. The summed E-state index contributed by atoms with van der Waals surface area (Å²) in [6.45, 7) is 5.06. The number of rotatable bonds is 6. The Kier molecular flexibility index (Phi) is 5.63. The third-order valence-corrected chi connectivity index (χ3v) is 4.36. The van der Waals surface area contributed by atoms with E-state index in [1.807, 2.05) is 17.0 Å². The second kappa shape index (κ2) is 8.10. The van der Waals surface area contributed by atoms with Crippen molar-refractivity contribution in [2.45, 2.75) is 19.3 Å². The summed E-state index contributed by atoms with van der Waals surface area (Å²) < 4.78 is 5.34. The molecule has 2 amide bonds. The maximum Gasteiger partial charge on any atom is 0.269 e. The van der Waals surface area contributed by atoms with Crippen molar-refractivity contribution in [1.82, 2.24) is 15.2 Å². The molecule has 3 rings (SSSR count). The number of carbonyl (C=O) groups is 2. The topological polar surface area (TPSA) is 74.8 Å². The van der Waals surface area contributed by atoms with Gasteiger partial charge in [0.1, 0.15) is 11.5 Å². The van der Waals surface area contributed by atoms with Gasteiger partial charge in [-0.05, 0) is 25.0 Å². The monoisotopic (exact) mass is 332 g/mol. The van der Waals surface area contributed by atoms with Gasteiger partial charge in [-0.3, -0.25) is 9.59 Å². The van der Waals surface area contributed by atoms with E-state index in [2.05, 4.69) is 15.2 Å². The lowest BCUT2D eigenvalue weighted by Gasteiger charge is -2.27. The first-order valence-corrected chi connectivity index (χ1v) is 8.60. The summed E-state index contributed by atoms with van der Waals surface area (Å²) in [7, 11) is 0. The van der Waals surface area contributed by atoms with Gasteiger partial charge in [0.05, 0.1) is 13.2 Å². The van der Waals surface area contributed by atoms with Crippen LogP contribution in [0.25, 0.3) is 0 Å². The number of carbonyl (C=O) groups excluding carboxylic acids is 2. The predicted octanol–water partition coefficient (Wildman–Crippen LogP) is 0.660. The van der Waals surface area contributed by atoms with Crippen LogP contribution in [0.4, 0.5) is 5.82 Å². The third kappa shape index (κ3) is 4.23. The van der Waals surface area contributed by atoms with Crippen molar-refractivity contribution >= 4 is 17.6 Å². The van der Waals surface area contributed by atoms with E-state index in [-0.39, 0.29) is 11.8 Å². The number of amides is 2. The molecule has 1 aromatic heterocycles. The molecular formula is C17H24N4O3. The number of anilines is 1. The zero-order valence-electron chi connectivity index (χ0n) is 13.9. The molecule has 0 unspecified atom stereocenters. The molecule has 1 N–H and O–H groups in total. The fourth-order valence-corrected chi connectivity index (χ4v) is 3.02. The van der Waals surface area contributed by atoms with Crippen molar-refractivity contribution < 1.29 is 14.3 Å². The number of nitrogens with zero attached hydrogens (tertiary/aromatic N) is 3. The zero-order valence-corrected chi connectivity index (χ0v) is 13.9. The number of morpholine rings is 1. The number of hydrogen-bond donors (Lipinski definition) is 1. The van der Waals surface area contributed by atoms with Crippen LogP contribution >= 0.6 is 0 Å². The standard InChI is InChI=1S/C17H24N4O3/c22-16-6-2-8-21(16)9-3-7-18-17(23)14-4-1-5-15(19-14)20-10-12-24-13-11-20/h1,4-5H,2-3,6-13H2,(H,18,23). The predicted molar refractivity (Wildman–Crippen MR) is 90.0 cm³/mol. The average molecular weight is 332 g/mol. The molecule has 0 spiro atoms. The molecule has 0 bridgehead atoms. The highest BCUT2D eigenvalue weighted by molar-refractivity contribution is 5.92. The van der Waals surface area contributed by atoms with E-state index in [1.54, 1.807) is 6.07 Å². The highest BCUT2D eigenvalue weighted by Gasteiger charge is 2.19. The van der Waals surface area contributed by atoms with E-state index in [0.717, 1.165) is 38.3 Å². The molecular weight excluding hydrogens is 308 g/mol. The number of nitrogens with one attached hydrogen (secondary N) is 1. The van der Waals surface area contributed by atoms with E-state index in [4.69, 9.17) is 4.74 Å². The second-order valence-electron chi connectivity index (χ2n) is 6.07. The maximum atomic E-state index is 12.2. The van der Waals surface area contributed by atoms with E-state index < -0.39 is 0 Å². The van der Waals surface area contributed by atoms with Crippen LogP contribution in [0.3, 0.4) is 0 Å². The lowest BCUT2D eigenvalue weighted by atomic mass is 10.3. The number of ether oxygens (including phenoxy) is 1. The summed E-state index contributed by atoms with van der Waals surface area (Å²) in [6.07, 6.45) is 2.37. The number of likely N-dealkylation sites (tertiary alicyclic amines) is 1. The summed E-state index contributed by atoms with van der Waals surface area (Å²) >= 11 is 0. The first-order valence-electron chi connectivity index (χ1n) is 8.60. The summed E-state index contributed by atoms with van der Waals surface area (Å²) in [6, 6.07) is 5.50. The van der Waals surface area contributed by atoms with E-state index in [0.29, 0.717) is 38.4 Å². The molecule has 2 fully saturated rings. The van der Waals surface area contributed by atoms with Crippen molar-refractivity contribution in [3.05, 3.63) is 23.9 Å². The fourth-order valence-electron chi connectivity index (χ4n) is 3.02. The Morgan fingerprint density at radius 2 is 2.08 bits per heavy atom. The zero-order chi connectivity index (χ0) is 16.8. The molecule has 2 aliphatic rings. The van der Waals surface area contributed by atoms with Crippen LogP contribution in [0.2, 0.25) is 0 Å². The molecule has 0 radical (unpaired) electrons. The highest BCUT2D eigenvalue weighted by atomic mass is 16.5. The Labute approximate surface area is 142 Å². The van der Waals surface area contributed by atoms with Crippen molar-refractivity contribution in [2.24, 2.45) is 0 Å². The van der Waals surface area contributed by atoms with Crippen LogP contribution in [0.5, 0.6) is 0 Å². The minimum absolute atomic E-state index is 0.169. The molecule has 7 heteroatoms. The van der Waals surface area contributed by atoms with Crippen LogP contribution in [0.1, 0.15) is 29.8 Å². The van der Waals surface area contributed by atoms with Gasteiger partial charge in [-0.1, -0.05) is 6.07 Å². The first-order chi connectivity index (χ1) is 11.7. The lowest BCUT2D eigenvalue weighted by Crippen LogP contribution is -2.37. The Bertz CT molecular complexity index is 587. The molecule has 0 aliphatic carbocycles. The van der Waals surface area contributed by atoms with Crippen LogP contribution in [-0.2, 0) is 9.53 Å². The molecule has 1 aromatic rings. The Morgan fingerprint density at radius 1 is 1.25 bits per heavy atom. The number of pyridine rings is 1. The largest absolute Gasteiger partial charge is 0.378 e. The van der Waals surface area contributed by atoms with Gasteiger partial charge in [0.15, 0.2) is 0 Å². The van der Waals surface area contributed by atoms with Gasteiger partial charge in [-0.15, -0.1) is 0 Å². The van der Waals surface area contributed by atoms with Crippen LogP contribution in [0, 0.1) is 0 Å². The fraction of sp³-hybridized carbons (Fsp3) is 0.588. The smallest absolute Gasteiger partial charge is 0.269 e. The molecule has 3 heterocycles. The normalized spacial score (nSPS) is 18.1. The van der Waals surface area contributed by atoms with Gasteiger partial charge in [0, 0.05) is 39.1 Å². The van der Waals surface area contributed by atoms with E-state index in [1.165, 1.54) is 0 Å². The maximum absolute atomic E-state index is 12.2. The average Bonchev–Trinajstić information content (AvgIpc) is 3.04. The van der Waals surface area contributed by atoms with E-state index in [9.17, 15) is 9.59 Å². The Balaban J connectivity index is 1.46. The molecule has 0 aromatic carbocycles. The Hall–Kier alpha value is -2.15. The van der Waals surface area contributed by atoms with Crippen LogP contribution in [-0.4, -0.2) is 67.6 Å². The van der Waals surface area contributed by atoms with Crippen molar-refractivity contribution in [3.8, 4) is 0 Å². The van der Waals surface area contributed by atoms with Crippen LogP contribution < -0.4 is 10.2 Å². The van der Waals surface area contributed by atoms with Crippen molar-refractivity contribution in [3.63, 3.8) is 0 Å². The van der Waals surface area contributed by atoms with Gasteiger partial charge in [-0.25, -0.2) is 4.98 Å². The molecule has 0 atom stereocenters. The van der Waals surface area contributed by atoms with E-state index >= 15 is 0 Å². The summed E-state index contributed by atoms with van der Waals surface area (Å²) in [5.74, 6) is 0.868. The van der Waals surface area contributed by atoms with Gasteiger partial charge in [0.25, 0.3) is 5.91 Å². The second-order valence-corrected chi connectivity index (χ2v) is 6.07. The van der Waals surface area contributed by atoms with Gasteiger partial charge >= 0.3 is 0 Å². The molecule has 7 nitrogen and oxygen atoms in total. The molecule has 2 aliphatic heterocycles. The quantitative estimate of drug-likeness (QED) is 0.775. The minimum Gasteiger partial charge on any atom is -0.378 e. The molecule has 2 saturated heterocycles. The van der Waals surface area contributed by atoms with Gasteiger partial charge in [0.2, 0.25) is 5.91 Å². The van der Waals surface area contributed by atoms with Gasteiger partial charge in [-0.2, -0.15) is 0 Å².